The third-order valence-corrected chi connectivity index (χ3v) is 5.58. The SMILES string of the molecule is CCNC(=NCc1ccc(S(C)(=O)=O)c(C)c1)NCCc1cccc(OCC)c1. The van der Waals surface area contributed by atoms with Crippen LogP contribution in [-0.2, 0) is 22.8 Å². The first-order chi connectivity index (χ1) is 13.8. The molecule has 0 saturated carbocycles. The number of hydrogen-bond donors (Lipinski definition) is 2. The van der Waals surface area contributed by atoms with E-state index < -0.39 is 9.84 Å². The molecule has 29 heavy (non-hydrogen) atoms. The molecule has 0 aliphatic carbocycles. The van der Waals surface area contributed by atoms with Crippen LogP contribution < -0.4 is 15.4 Å². The van der Waals surface area contributed by atoms with Crippen molar-refractivity contribution in [3.63, 3.8) is 0 Å². The molecule has 0 fully saturated rings. The highest BCUT2D eigenvalue weighted by atomic mass is 32.2. The van der Waals surface area contributed by atoms with Crippen LogP contribution in [0.25, 0.3) is 0 Å². The molecule has 0 amide bonds. The van der Waals surface area contributed by atoms with Gasteiger partial charge in [-0.3, -0.25) is 0 Å². The second-order valence-electron chi connectivity index (χ2n) is 6.82. The van der Waals surface area contributed by atoms with Crippen LogP contribution in [0.4, 0.5) is 0 Å². The Hall–Kier alpha value is -2.54. The maximum Gasteiger partial charge on any atom is 0.191 e. The molecule has 0 aliphatic rings. The summed E-state index contributed by atoms with van der Waals surface area (Å²) in [6.45, 7) is 8.44. The third-order valence-electron chi connectivity index (χ3n) is 4.32. The maximum absolute atomic E-state index is 11.8. The molecule has 0 atom stereocenters. The van der Waals surface area contributed by atoms with Crippen molar-refractivity contribution in [3.05, 3.63) is 59.2 Å². The van der Waals surface area contributed by atoms with Gasteiger partial charge in [-0.2, -0.15) is 0 Å². The first-order valence-corrected chi connectivity index (χ1v) is 11.8. The fourth-order valence-electron chi connectivity index (χ4n) is 3.02. The molecule has 0 bridgehead atoms. The lowest BCUT2D eigenvalue weighted by atomic mass is 10.1. The Morgan fingerprint density at radius 2 is 1.86 bits per heavy atom. The zero-order valence-corrected chi connectivity index (χ0v) is 18.5. The summed E-state index contributed by atoms with van der Waals surface area (Å²) >= 11 is 0. The average molecular weight is 418 g/mol. The lowest BCUT2D eigenvalue weighted by Gasteiger charge is -2.12. The Morgan fingerprint density at radius 3 is 2.52 bits per heavy atom. The van der Waals surface area contributed by atoms with E-state index in [1.54, 1.807) is 6.07 Å². The minimum atomic E-state index is -3.20. The largest absolute Gasteiger partial charge is 0.494 e. The fraction of sp³-hybridized carbons (Fsp3) is 0.409. The number of benzene rings is 2. The van der Waals surface area contributed by atoms with E-state index in [1.807, 2.05) is 45.0 Å². The molecule has 2 rings (SSSR count). The average Bonchev–Trinajstić information content (AvgIpc) is 2.66. The van der Waals surface area contributed by atoms with Crippen LogP contribution in [0.3, 0.4) is 0 Å². The summed E-state index contributed by atoms with van der Waals surface area (Å²) in [5.41, 5.74) is 2.91. The summed E-state index contributed by atoms with van der Waals surface area (Å²) in [7, 11) is -3.20. The lowest BCUT2D eigenvalue weighted by molar-refractivity contribution is 0.340. The molecule has 0 radical (unpaired) electrons. The van der Waals surface area contributed by atoms with E-state index in [-0.39, 0.29) is 0 Å². The predicted octanol–water partition coefficient (Wildman–Crippen LogP) is 3.10. The summed E-state index contributed by atoms with van der Waals surface area (Å²) in [5.74, 6) is 1.62. The molecular formula is C22H31N3O3S. The predicted molar refractivity (Wildman–Crippen MR) is 118 cm³/mol. The van der Waals surface area contributed by atoms with Crippen LogP contribution in [0.2, 0.25) is 0 Å². The van der Waals surface area contributed by atoms with Crippen molar-refractivity contribution in [1.29, 1.82) is 0 Å². The highest BCUT2D eigenvalue weighted by molar-refractivity contribution is 7.90. The van der Waals surface area contributed by atoms with Crippen LogP contribution in [0.15, 0.2) is 52.4 Å². The Morgan fingerprint density at radius 1 is 1.07 bits per heavy atom. The lowest BCUT2D eigenvalue weighted by Crippen LogP contribution is -2.38. The maximum atomic E-state index is 11.8. The fourth-order valence-corrected chi connectivity index (χ4v) is 3.98. The number of ether oxygens (including phenoxy) is 1. The van der Waals surface area contributed by atoms with Gasteiger partial charge >= 0.3 is 0 Å². The van der Waals surface area contributed by atoms with E-state index in [0.29, 0.717) is 18.0 Å². The van der Waals surface area contributed by atoms with E-state index in [4.69, 9.17) is 4.74 Å². The standard InChI is InChI=1S/C22H31N3O3S/c1-5-23-22(24-13-12-18-8-7-9-20(15-18)28-6-2)25-16-19-10-11-21(17(3)14-19)29(4,26)27/h7-11,14-15H,5-6,12-13,16H2,1-4H3,(H2,23,24,25). The highest BCUT2D eigenvalue weighted by Crippen LogP contribution is 2.17. The molecule has 2 aromatic rings. The summed E-state index contributed by atoms with van der Waals surface area (Å²) in [6.07, 6.45) is 2.08. The normalized spacial score (nSPS) is 11.9. The molecule has 0 saturated heterocycles. The molecular weight excluding hydrogens is 386 g/mol. The van der Waals surface area contributed by atoms with Gasteiger partial charge in [0, 0.05) is 19.3 Å². The molecule has 0 unspecified atom stereocenters. The van der Waals surface area contributed by atoms with Crippen molar-refractivity contribution in [3.8, 4) is 5.75 Å². The van der Waals surface area contributed by atoms with Crippen LogP contribution in [0, 0.1) is 6.92 Å². The monoisotopic (exact) mass is 417 g/mol. The van der Waals surface area contributed by atoms with Crippen LogP contribution in [0.1, 0.15) is 30.5 Å². The van der Waals surface area contributed by atoms with E-state index in [0.717, 1.165) is 42.3 Å². The molecule has 158 valence electrons. The summed E-state index contributed by atoms with van der Waals surface area (Å²) < 4.78 is 29.1. The van der Waals surface area contributed by atoms with Crippen LogP contribution in [0.5, 0.6) is 5.75 Å². The van der Waals surface area contributed by atoms with Crippen molar-refractivity contribution < 1.29 is 13.2 Å². The smallest absolute Gasteiger partial charge is 0.191 e. The summed E-state index contributed by atoms with van der Waals surface area (Å²) in [6, 6.07) is 13.5. The van der Waals surface area contributed by atoms with Gasteiger partial charge in [0.1, 0.15) is 5.75 Å². The number of hydrogen-bond acceptors (Lipinski definition) is 4. The van der Waals surface area contributed by atoms with Crippen LogP contribution in [-0.4, -0.2) is 40.3 Å². The zero-order valence-electron chi connectivity index (χ0n) is 17.7. The number of guanidine groups is 1. The number of nitrogens with one attached hydrogen (secondary N) is 2. The van der Waals surface area contributed by atoms with Crippen molar-refractivity contribution in [2.24, 2.45) is 4.99 Å². The minimum absolute atomic E-state index is 0.365. The number of aliphatic imine (C=N–C) groups is 1. The first-order valence-electron chi connectivity index (χ1n) is 9.87. The van der Waals surface area contributed by atoms with E-state index in [1.165, 1.54) is 11.8 Å². The minimum Gasteiger partial charge on any atom is -0.494 e. The van der Waals surface area contributed by atoms with E-state index in [2.05, 4.69) is 27.8 Å². The number of aryl methyl sites for hydroxylation is 1. The van der Waals surface area contributed by atoms with Gasteiger partial charge in [0.05, 0.1) is 18.0 Å². The number of nitrogens with zero attached hydrogens (tertiary/aromatic N) is 1. The van der Waals surface area contributed by atoms with Gasteiger partial charge in [-0.1, -0.05) is 24.3 Å². The van der Waals surface area contributed by atoms with Gasteiger partial charge in [-0.15, -0.1) is 0 Å². The molecule has 0 heterocycles. The molecule has 6 nitrogen and oxygen atoms in total. The molecule has 0 aliphatic heterocycles. The Bertz CT molecular complexity index is 940. The van der Waals surface area contributed by atoms with E-state index >= 15 is 0 Å². The van der Waals surface area contributed by atoms with Crippen molar-refractivity contribution in [2.75, 3.05) is 26.0 Å². The number of sulfone groups is 1. The van der Waals surface area contributed by atoms with Crippen molar-refractivity contribution in [1.82, 2.24) is 10.6 Å². The topological polar surface area (TPSA) is 79.8 Å². The molecule has 0 aromatic heterocycles. The molecule has 2 aromatic carbocycles. The highest BCUT2D eigenvalue weighted by Gasteiger charge is 2.10. The van der Waals surface area contributed by atoms with Gasteiger partial charge < -0.3 is 15.4 Å². The second-order valence-corrected chi connectivity index (χ2v) is 8.81. The second kappa shape index (κ2) is 10.9. The third kappa shape index (κ3) is 7.42. The molecule has 2 N–H and O–H groups in total. The Balaban J connectivity index is 1.97. The zero-order chi connectivity index (χ0) is 21.3. The van der Waals surface area contributed by atoms with Crippen molar-refractivity contribution in [2.45, 2.75) is 38.6 Å². The van der Waals surface area contributed by atoms with Gasteiger partial charge in [-0.05, 0) is 62.1 Å². The summed E-state index contributed by atoms with van der Waals surface area (Å²) in [4.78, 5) is 4.98. The van der Waals surface area contributed by atoms with Crippen molar-refractivity contribution >= 4 is 15.8 Å². The van der Waals surface area contributed by atoms with Gasteiger partial charge in [-0.25, -0.2) is 13.4 Å². The van der Waals surface area contributed by atoms with E-state index in [9.17, 15) is 8.42 Å². The summed E-state index contributed by atoms with van der Waals surface area (Å²) in [5, 5.41) is 6.58. The van der Waals surface area contributed by atoms with Gasteiger partial charge in [0.2, 0.25) is 0 Å². The molecule has 7 heteroatoms. The quantitative estimate of drug-likeness (QED) is 0.484. The number of rotatable bonds is 9. The molecule has 0 spiro atoms. The first kappa shape index (κ1) is 22.7. The van der Waals surface area contributed by atoms with Gasteiger partial charge in [0.25, 0.3) is 0 Å². The van der Waals surface area contributed by atoms with Gasteiger partial charge in [0.15, 0.2) is 15.8 Å². The van der Waals surface area contributed by atoms with Crippen LogP contribution >= 0.6 is 0 Å². The Labute approximate surface area is 174 Å². The Kier molecular flexibility index (Phi) is 8.51.